The van der Waals surface area contributed by atoms with Crippen molar-refractivity contribution in [3.05, 3.63) is 59.8 Å². The molecule has 1 aromatic carbocycles. The van der Waals surface area contributed by atoms with Crippen LogP contribution >= 0.6 is 11.8 Å². The Hall–Kier alpha value is -2.58. The summed E-state index contributed by atoms with van der Waals surface area (Å²) in [5.74, 6) is -0.995. The van der Waals surface area contributed by atoms with Crippen LogP contribution in [0.1, 0.15) is 19.4 Å². The Morgan fingerprint density at radius 1 is 1.29 bits per heavy atom. The highest BCUT2D eigenvalue weighted by molar-refractivity contribution is 8.00. The minimum Gasteiger partial charge on any atom is -0.456 e. The van der Waals surface area contributed by atoms with Gasteiger partial charge in [0, 0.05) is 5.75 Å². The Balaban J connectivity index is 2.07. The molecule has 1 fully saturated rings. The molecule has 1 aromatic rings. The summed E-state index contributed by atoms with van der Waals surface area (Å²) in [4.78, 5) is 38.0. The summed E-state index contributed by atoms with van der Waals surface area (Å²) in [6.07, 6.45) is 0.644. The van der Waals surface area contributed by atoms with Gasteiger partial charge < -0.3 is 15.2 Å². The molecule has 0 bridgehead atoms. The molecule has 1 saturated heterocycles. The highest BCUT2D eigenvalue weighted by atomic mass is 32.2. The molecule has 0 aliphatic carbocycles. The Morgan fingerprint density at radius 3 is 2.57 bits per heavy atom. The first-order chi connectivity index (χ1) is 13.4. The predicted molar refractivity (Wildman–Crippen MR) is 107 cm³/mol. The first-order valence-corrected chi connectivity index (χ1v) is 9.87. The zero-order valence-corrected chi connectivity index (χ0v) is 16.7. The second kappa shape index (κ2) is 10.1. The van der Waals surface area contributed by atoms with Crippen LogP contribution in [0, 0.1) is 0 Å². The molecule has 0 unspecified atom stereocenters. The van der Waals surface area contributed by atoms with Gasteiger partial charge >= 0.3 is 11.9 Å². The number of hydrogen-bond acceptors (Lipinski definition) is 7. The van der Waals surface area contributed by atoms with E-state index in [0.29, 0.717) is 11.3 Å². The first-order valence-electron chi connectivity index (χ1n) is 8.72. The Bertz CT molecular complexity index is 774. The lowest BCUT2D eigenvalue weighted by atomic mass is 10.0. The Labute approximate surface area is 168 Å². The van der Waals surface area contributed by atoms with Crippen LogP contribution in [-0.4, -0.2) is 46.5 Å². The predicted octanol–water partition coefficient (Wildman–Crippen LogP) is 1.98. The van der Waals surface area contributed by atoms with E-state index in [-0.39, 0.29) is 18.1 Å². The van der Waals surface area contributed by atoms with Crippen LogP contribution in [-0.2, 0) is 30.5 Å². The zero-order valence-electron chi connectivity index (χ0n) is 15.9. The number of hydrogen-bond donors (Lipinski definition) is 1. The molecule has 0 aromatic heterocycles. The van der Waals surface area contributed by atoms with Crippen molar-refractivity contribution >= 4 is 29.6 Å². The number of carbonyl (C=O) groups is 3. The molecule has 0 saturated carbocycles. The highest BCUT2D eigenvalue weighted by Crippen LogP contribution is 2.28. The number of rotatable bonds is 9. The molecular weight excluding hydrogens is 380 g/mol. The van der Waals surface area contributed by atoms with Crippen molar-refractivity contribution in [1.82, 2.24) is 4.90 Å². The van der Waals surface area contributed by atoms with Crippen molar-refractivity contribution in [2.45, 2.75) is 32.7 Å². The minimum absolute atomic E-state index is 0.0409. The quantitative estimate of drug-likeness (QED) is 0.221. The number of thioether (sulfide) groups is 1. The fraction of sp³-hybridized carbons (Fsp3) is 0.350. The number of esters is 2. The molecule has 150 valence electrons. The van der Waals surface area contributed by atoms with E-state index < -0.39 is 30.1 Å². The molecule has 0 radical (unpaired) electrons. The summed E-state index contributed by atoms with van der Waals surface area (Å²) in [6.45, 7) is 6.99. The lowest BCUT2D eigenvalue weighted by molar-refractivity contribution is -0.184. The summed E-state index contributed by atoms with van der Waals surface area (Å²) in [5.41, 5.74) is 7.21. The standard InChI is InChI=1S/C20H24N2O5S/c1-4-10-28-12-15(23)27-19-16(21)18(24)22(19)17(13(2)3)20(25)26-11-14-8-6-5-7-9-14/h4-9,16,19H,1,10-12,21H2,2-3H3/t16-,19-/m1/s1. The molecular formula is C20H24N2O5S. The minimum atomic E-state index is -1.03. The van der Waals surface area contributed by atoms with Crippen molar-refractivity contribution < 1.29 is 23.9 Å². The smallest absolute Gasteiger partial charge is 0.355 e. The number of carbonyl (C=O) groups excluding carboxylic acids is 3. The van der Waals surface area contributed by atoms with Gasteiger partial charge in [-0.25, -0.2) is 4.79 Å². The van der Waals surface area contributed by atoms with Crippen LogP contribution in [0.25, 0.3) is 0 Å². The topological polar surface area (TPSA) is 98.9 Å². The van der Waals surface area contributed by atoms with Crippen molar-refractivity contribution in [3.8, 4) is 0 Å². The maximum Gasteiger partial charge on any atom is 0.355 e. The summed E-state index contributed by atoms with van der Waals surface area (Å²) < 4.78 is 10.7. The summed E-state index contributed by atoms with van der Waals surface area (Å²) >= 11 is 1.33. The van der Waals surface area contributed by atoms with Gasteiger partial charge in [-0.2, -0.15) is 0 Å². The van der Waals surface area contributed by atoms with Gasteiger partial charge in [0.1, 0.15) is 18.3 Å². The first kappa shape index (κ1) is 21.7. The number of ether oxygens (including phenoxy) is 2. The molecule has 1 amide bonds. The van der Waals surface area contributed by atoms with Gasteiger partial charge in [-0.3, -0.25) is 14.5 Å². The van der Waals surface area contributed by atoms with E-state index in [1.807, 2.05) is 30.3 Å². The molecule has 0 spiro atoms. The highest BCUT2D eigenvalue weighted by Gasteiger charge is 2.51. The number of amides is 1. The van der Waals surface area contributed by atoms with Gasteiger partial charge in [0.05, 0.1) is 5.75 Å². The largest absolute Gasteiger partial charge is 0.456 e. The maximum atomic E-state index is 12.6. The van der Waals surface area contributed by atoms with E-state index in [1.165, 1.54) is 11.8 Å². The van der Waals surface area contributed by atoms with Gasteiger partial charge in [0.2, 0.25) is 6.23 Å². The van der Waals surface area contributed by atoms with Crippen molar-refractivity contribution in [1.29, 1.82) is 0 Å². The Kier molecular flexibility index (Phi) is 7.83. The van der Waals surface area contributed by atoms with E-state index in [9.17, 15) is 14.4 Å². The molecule has 2 atom stereocenters. The number of nitrogens with zero attached hydrogens (tertiary/aromatic N) is 1. The summed E-state index contributed by atoms with van der Waals surface area (Å²) in [6, 6.07) is 8.17. The summed E-state index contributed by atoms with van der Waals surface area (Å²) in [5, 5.41) is 0. The number of benzene rings is 1. The normalized spacial score (nSPS) is 18.1. The van der Waals surface area contributed by atoms with Crippen molar-refractivity contribution in [2.75, 3.05) is 11.5 Å². The zero-order chi connectivity index (χ0) is 20.7. The van der Waals surface area contributed by atoms with Gasteiger partial charge in [0.15, 0.2) is 0 Å². The molecule has 28 heavy (non-hydrogen) atoms. The average Bonchev–Trinajstić information content (AvgIpc) is 2.69. The fourth-order valence-corrected chi connectivity index (χ4v) is 3.10. The van der Waals surface area contributed by atoms with E-state index >= 15 is 0 Å². The molecule has 1 aliphatic heterocycles. The van der Waals surface area contributed by atoms with Gasteiger partial charge in [-0.15, -0.1) is 18.3 Å². The van der Waals surface area contributed by atoms with Gasteiger partial charge in [0.25, 0.3) is 5.91 Å². The van der Waals surface area contributed by atoms with Crippen molar-refractivity contribution in [2.24, 2.45) is 5.73 Å². The average molecular weight is 404 g/mol. The third-order valence-electron chi connectivity index (χ3n) is 3.91. The van der Waals surface area contributed by atoms with E-state index in [0.717, 1.165) is 10.5 Å². The third-order valence-corrected chi connectivity index (χ3v) is 4.82. The molecule has 2 rings (SSSR count). The number of allylic oxidation sites excluding steroid dienone is 1. The van der Waals surface area contributed by atoms with Crippen LogP contribution in [0.5, 0.6) is 0 Å². The molecule has 7 nitrogen and oxygen atoms in total. The van der Waals surface area contributed by atoms with Crippen molar-refractivity contribution in [3.63, 3.8) is 0 Å². The van der Waals surface area contributed by atoms with Crippen LogP contribution in [0.3, 0.4) is 0 Å². The van der Waals surface area contributed by atoms with Crippen LogP contribution in [0.15, 0.2) is 54.3 Å². The van der Waals surface area contributed by atoms with Gasteiger partial charge in [-0.05, 0) is 25.0 Å². The van der Waals surface area contributed by atoms with Crippen LogP contribution < -0.4 is 5.73 Å². The van der Waals surface area contributed by atoms with E-state index in [1.54, 1.807) is 19.9 Å². The summed E-state index contributed by atoms with van der Waals surface area (Å²) in [7, 11) is 0. The second-order valence-electron chi connectivity index (χ2n) is 6.33. The molecule has 1 aliphatic rings. The lowest BCUT2D eigenvalue weighted by Gasteiger charge is -2.44. The number of likely N-dealkylation sites (tertiary alicyclic amines) is 1. The Morgan fingerprint density at radius 2 is 1.96 bits per heavy atom. The molecule has 2 N–H and O–H groups in total. The monoisotopic (exact) mass is 404 g/mol. The van der Waals surface area contributed by atoms with Crippen LogP contribution in [0.4, 0.5) is 0 Å². The maximum absolute atomic E-state index is 12.6. The molecule has 8 heteroatoms. The van der Waals surface area contributed by atoms with Crippen LogP contribution in [0.2, 0.25) is 0 Å². The molecule has 1 heterocycles. The second-order valence-corrected chi connectivity index (χ2v) is 7.36. The fourth-order valence-electron chi connectivity index (χ4n) is 2.58. The number of nitrogens with two attached hydrogens (primary N) is 1. The third kappa shape index (κ3) is 5.24. The SMILES string of the molecule is C=CCSCC(=O)O[C@@H]1[C@H](N)C(=O)N1C(C(=O)OCc1ccccc1)=C(C)C. The van der Waals surface area contributed by atoms with E-state index in [2.05, 4.69) is 6.58 Å². The van der Waals surface area contributed by atoms with Gasteiger partial charge in [-0.1, -0.05) is 36.4 Å². The van der Waals surface area contributed by atoms with E-state index in [4.69, 9.17) is 15.2 Å². The number of β-lactam (4-membered cyclic amide) rings is 1. The lowest BCUT2D eigenvalue weighted by Crippen LogP contribution is -2.70.